The molecule has 3 N–H and O–H groups in total. The quantitative estimate of drug-likeness (QED) is 0.291. The number of aryl methyl sites for hydroxylation is 1. The smallest absolute Gasteiger partial charge is 0.437 e. The van der Waals surface area contributed by atoms with Crippen LogP contribution in [0.5, 0.6) is 17.4 Å². The van der Waals surface area contributed by atoms with Gasteiger partial charge in [0, 0.05) is 25.0 Å². The summed E-state index contributed by atoms with van der Waals surface area (Å²) in [6.07, 6.45) is 0.0530. The lowest BCUT2D eigenvalue weighted by Crippen LogP contribution is -2.28. The van der Waals surface area contributed by atoms with Crippen molar-refractivity contribution in [3.05, 3.63) is 53.8 Å². The number of imidazole rings is 1. The number of aromatic hydroxyl groups is 1. The van der Waals surface area contributed by atoms with Gasteiger partial charge < -0.3 is 29.5 Å². The van der Waals surface area contributed by atoms with Crippen LogP contribution < -0.4 is 10.1 Å². The van der Waals surface area contributed by atoms with Gasteiger partial charge in [0.05, 0.1) is 42.8 Å². The molecule has 11 nitrogen and oxygen atoms in total. The number of alkyl halides is 3. The second kappa shape index (κ2) is 10.2. The number of amides is 1. The summed E-state index contributed by atoms with van der Waals surface area (Å²) < 4.78 is 56.5. The highest BCUT2D eigenvalue weighted by molar-refractivity contribution is 5.98. The maximum Gasteiger partial charge on any atom is 0.437 e. The van der Waals surface area contributed by atoms with Crippen molar-refractivity contribution in [3.63, 3.8) is 0 Å². The van der Waals surface area contributed by atoms with E-state index in [-0.39, 0.29) is 66.2 Å². The largest absolute Gasteiger partial charge is 0.507 e. The lowest BCUT2D eigenvalue weighted by Gasteiger charge is -2.13. The molecular weight excluding hydrogens is 487 g/mol. The highest BCUT2D eigenvalue weighted by Crippen LogP contribution is 2.37. The van der Waals surface area contributed by atoms with Crippen LogP contribution in [-0.4, -0.2) is 62.0 Å². The van der Waals surface area contributed by atoms with Crippen molar-refractivity contribution in [3.8, 4) is 28.6 Å². The molecule has 0 aliphatic carbocycles. The first-order valence-corrected chi connectivity index (χ1v) is 10.5. The van der Waals surface area contributed by atoms with Crippen LogP contribution >= 0.6 is 0 Å². The monoisotopic (exact) mass is 507 g/mol. The lowest BCUT2D eigenvalue weighted by molar-refractivity contribution is -0.142. The Morgan fingerprint density at radius 2 is 2.06 bits per heavy atom. The summed E-state index contributed by atoms with van der Waals surface area (Å²) in [6.45, 7) is 1.97. The van der Waals surface area contributed by atoms with E-state index in [4.69, 9.17) is 14.6 Å². The van der Waals surface area contributed by atoms with E-state index >= 15 is 0 Å². The van der Waals surface area contributed by atoms with Gasteiger partial charge in [0.15, 0.2) is 5.69 Å². The molecule has 190 valence electrons. The molecule has 4 rings (SSSR count). The van der Waals surface area contributed by atoms with Crippen LogP contribution in [0.1, 0.15) is 21.6 Å². The zero-order valence-electron chi connectivity index (χ0n) is 18.7. The number of carbonyl (C=O) groups is 1. The molecule has 3 heterocycles. The number of benzene rings is 1. The first-order chi connectivity index (χ1) is 17.2. The van der Waals surface area contributed by atoms with Crippen molar-refractivity contribution in [2.75, 3.05) is 26.4 Å². The normalized spacial score (nSPS) is 11.7. The molecule has 0 atom stereocenters. The van der Waals surface area contributed by atoms with Crippen LogP contribution in [0.2, 0.25) is 0 Å². The number of halogens is 3. The van der Waals surface area contributed by atoms with E-state index < -0.39 is 17.8 Å². The van der Waals surface area contributed by atoms with Crippen molar-refractivity contribution in [1.82, 2.24) is 24.8 Å². The van der Waals surface area contributed by atoms with E-state index in [0.29, 0.717) is 5.56 Å². The molecule has 0 bridgehead atoms. The molecule has 0 saturated heterocycles. The number of rotatable bonds is 9. The maximum atomic E-state index is 13.3. The SMILES string of the molecule is Cc1cc(Oc2nccn3c(-c4conc4C(F)(F)F)cnc23)cc(O)c1C(=O)NCCOCCO. The number of carbonyl (C=O) groups excluding carboxylic acids is 1. The summed E-state index contributed by atoms with van der Waals surface area (Å²) in [4.78, 5) is 20.7. The Hall–Kier alpha value is -4.17. The first-order valence-electron chi connectivity index (χ1n) is 10.5. The van der Waals surface area contributed by atoms with Crippen molar-refractivity contribution in [2.45, 2.75) is 13.1 Å². The molecule has 14 heteroatoms. The maximum absolute atomic E-state index is 13.3. The molecule has 0 unspecified atom stereocenters. The average Bonchev–Trinajstić information content (AvgIpc) is 3.46. The number of hydrogen-bond acceptors (Lipinski definition) is 9. The minimum absolute atomic E-state index is 0.0333. The summed E-state index contributed by atoms with van der Waals surface area (Å²) in [7, 11) is 0. The number of fused-ring (bicyclic) bond motifs is 1. The van der Waals surface area contributed by atoms with Crippen molar-refractivity contribution >= 4 is 11.6 Å². The fourth-order valence-corrected chi connectivity index (χ4v) is 3.48. The van der Waals surface area contributed by atoms with Gasteiger partial charge in [-0.05, 0) is 18.6 Å². The molecule has 1 amide bonds. The number of ether oxygens (including phenoxy) is 2. The molecule has 0 spiro atoms. The summed E-state index contributed by atoms with van der Waals surface area (Å²) in [5, 5.41) is 24.8. The zero-order valence-corrected chi connectivity index (χ0v) is 18.7. The van der Waals surface area contributed by atoms with E-state index in [0.717, 1.165) is 6.26 Å². The summed E-state index contributed by atoms with van der Waals surface area (Å²) in [5.41, 5.74) is -0.917. The molecule has 0 saturated carbocycles. The van der Waals surface area contributed by atoms with E-state index in [2.05, 4.69) is 25.0 Å². The minimum atomic E-state index is -4.73. The van der Waals surface area contributed by atoms with Crippen molar-refractivity contribution in [2.24, 2.45) is 0 Å². The second-order valence-corrected chi connectivity index (χ2v) is 7.47. The average molecular weight is 507 g/mol. The Balaban J connectivity index is 1.57. The Bertz CT molecular complexity index is 1360. The summed E-state index contributed by atoms with van der Waals surface area (Å²) in [5.74, 6) is -0.810. The third-order valence-corrected chi connectivity index (χ3v) is 5.01. The number of phenols is 1. The Morgan fingerprint density at radius 1 is 1.25 bits per heavy atom. The fraction of sp³-hybridized carbons (Fsp3) is 0.273. The van der Waals surface area contributed by atoms with Crippen LogP contribution in [0.4, 0.5) is 13.2 Å². The fourth-order valence-electron chi connectivity index (χ4n) is 3.48. The molecule has 0 aliphatic rings. The van der Waals surface area contributed by atoms with Gasteiger partial charge in [-0.25, -0.2) is 9.97 Å². The zero-order chi connectivity index (χ0) is 25.9. The van der Waals surface area contributed by atoms with Crippen molar-refractivity contribution < 1.29 is 42.2 Å². The van der Waals surface area contributed by atoms with E-state index in [1.54, 1.807) is 6.92 Å². The van der Waals surface area contributed by atoms with Gasteiger partial charge in [0.25, 0.3) is 11.8 Å². The lowest BCUT2D eigenvalue weighted by atomic mass is 10.1. The van der Waals surface area contributed by atoms with Gasteiger partial charge in [-0.1, -0.05) is 5.16 Å². The minimum Gasteiger partial charge on any atom is -0.507 e. The standard InChI is InChI=1S/C22H20F3N5O6/c1-12-8-13(9-16(32)17(12)20(33)26-3-6-34-7-5-31)36-21-19-28-10-15(30(19)4-2-27-21)14-11-35-29-18(14)22(23,24)25/h2,4,8-11,31-32H,3,5-7H2,1H3,(H,26,33). The van der Waals surface area contributed by atoms with E-state index in [1.807, 2.05) is 0 Å². The molecule has 0 fully saturated rings. The van der Waals surface area contributed by atoms with Gasteiger partial charge >= 0.3 is 6.18 Å². The number of phenolic OH excluding ortho intramolecular Hbond substituents is 1. The summed E-state index contributed by atoms with van der Waals surface area (Å²) in [6, 6.07) is 2.70. The summed E-state index contributed by atoms with van der Waals surface area (Å²) >= 11 is 0. The van der Waals surface area contributed by atoms with Gasteiger partial charge in [-0.2, -0.15) is 13.2 Å². The highest BCUT2D eigenvalue weighted by Gasteiger charge is 2.38. The Kier molecular flexibility index (Phi) is 7.07. The number of nitrogens with zero attached hydrogens (tertiary/aromatic N) is 4. The molecule has 4 aromatic rings. The number of aromatic nitrogens is 4. The molecule has 1 aromatic carbocycles. The predicted molar refractivity (Wildman–Crippen MR) is 117 cm³/mol. The molecular formula is C22H20F3N5O6. The molecule has 0 radical (unpaired) electrons. The Labute approximate surface area is 201 Å². The van der Waals surface area contributed by atoms with E-state index in [9.17, 15) is 23.1 Å². The number of aliphatic hydroxyl groups excluding tert-OH is 1. The highest BCUT2D eigenvalue weighted by atomic mass is 19.4. The third-order valence-electron chi connectivity index (χ3n) is 5.01. The van der Waals surface area contributed by atoms with Crippen LogP contribution in [0.3, 0.4) is 0 Å². The number of aliphatic hydroxyl groups is 1. The van der Waals surface area contributed by atoms with Crippen LogP contribution in [0, 0.1) is 6.92 Å². The second-order valence-electron chi connectivity index (χ2n) is 7.47. The van der Waals surface area contributed by atoms with Gasteiger partial charge in [0.2, 0.25) is 5.65 Å². The number of nitrogens with one attached hydrogen (secondary N) is 1. The van der Waals surface area contributed by atoms with E-state index in [1.165, 1.54) is 35.1 Å². The molecule has 0 aliphatic heterocycles. The first kappa shape index (κ1) is 24.9. The van der Waals surface area contributed by atoms with Crippen LogP contribution in [-0.2, 0) is 10.9 Å². The topological polar surface area (TPSA) is 144 Å². The molecule has 3 aromatic heterocycles. The number of hydrogen-bond donors (Lipinski definition) is 3. The van der Waals surface area contributed by atoms with Crippen LogP contribution in [0.25, 0.3) is 16.9 Å². The van der Waals surface area contributed by atoms with Crippen molar-refractivity contribution in [1.29, 1.82) is 0 Å². The van der Waals surface area contributed by atoms with Crippen LogP contribution in [0.15, 0.2) is 41.5 Å². The van der Waals surface area contributed by atoms with Gasteiger partial charge in [-0.3, -0.25) is 9.20 Å². The third kappa shape index (κ3) is 5.08. The van der Waals surface area contributed by atoms with Gasteiger partial charge in [0.1, 0.15) is 17.8 Å². The molecule has 36 heavy (non-hydrogen) atoms. The van der Waals surface area contributed by atoms with Gasteiger partial charge in [-0.15, -0.1) is 0 Å². The Morgan fingerprint density at radius 3 is 2.78 bits per heavy atom. The predicted octanol–water partition coefficient (Wildman–Crippen LogP) is 2.95.